The third kappa shape index (κ3) is 2.72. The molecule has 1 amide bonds. The van der Waals surface area contributed by atoms with Gasteiger partial charge >= 0.3 is 0 Å². The van der Waals surface area contributed by atoms with E-state index in [1.807, 2.05) is 68.6 Å². The van der Waals surface area contributed by atoms with E-state index in [1.165, 1.54) is 0 Å². The van der Waals surface area contributed by atoms with Crippen LogP contribution in [0.3, 0.4) is 0 Å². The SMILES string of the molecule is CCc1nc2cc(C)ccn2c1C(=O)Nc1c(C)cccc1C. The van der Waals surface area contributed by atoms with E-state index < -0.39 is 0 Å². The van der Waals surface area contributed by atoms with E-state index in [4.69, 9.17) is 0 Å². The maximum absolute atomic E-state index is 12.9. The minimum absolute atomic E-state index is 0.115. The Bertz CT molecular complexity index is 873. The Balaban J connectivity index is 2.07. The number of nitrogens with one attached hydrogen (secondary N) is 1. The Labute approximate surface area is 136 Å². The quantitative estimate of drug-likeness (QED) is 0.792. The van der Waals surface area contributed by atoms with Gasteiger partial charge in [-0.15, -0.1) is 0 Å². The van der Waals surface area contributed by atoms with Gasteiger partial charge in [0.2, 0.25) is 0 Å². The van der Waals surface area contributed by atoms with E-state index in [0.29, 0.717) is 5.69 Å². The minimum Gasteiger partial charge on any atom is -0.320 e. The van der Waals surface area contributed by atoms with Crippen molar-refractivity contribution in [3.05, 3.63) is 64.6 Å². The molecule has 0 saturated carbocycles. The molecule has 118 valence electrons. The number of rotatable bonds is 3. The molecule has 4 nitrogen and oxygen atoms in total. The Morgan fingerprint density at radius 2 is 1.87 bits per heavy atom. The summed E-state index contributed by atoms with van der Waals surface area (Å²) in [5, 5.41) is 3.06. The van der Waals surface area contributed by atoms with E-state index >= 15 is 0 Å². The van der Waals surface area contributed by atoms with Crippen LogP contribution in [-0.2, 0) is 6.42 Å². The van der Waals surface area contributed by atoms with E-state index in [0.717, 1.165) is 40.1 Å². The third-order valence-electron chi connectivity index (χ3n) is 4.12. The first kappa shape index (κ1) is 15.3. The maximum atomic E-state index is 12.9. The second-order valence-electron chi connectivity index (χ2n) is 5.91. The number of hydrogen-bond donors (Lipinski definition) is 1. The van der Waals surface area contributed by atoms with Crippen molar-refractivity contribution >= 4 is 17.2 Å². The molecule has 0 fully saturated rings. The zero-order valence-electron chi connectivity index (χ0n) is 14.0. The number of imidazole rings is 1. The normalized spacial score (nSPS) is 11.0. The number of benzene rings is 1. The van der Waals surface area contributed by atoms with E-state index in [1.54, 1.807) is 0 Å². The highest BCUT2D eigenvalue weighted by Gasteiger charge is 2.19. The lowest BCUT2D eigenvalue weighted by Gasteiger charge is -2.12. The average molecular weight is 307 g/mol. The van der Waals surface area contributed by atoms with Gasteiger partial charge in [0.1, 0.15) is 11.3 Å². The molecular formula is C19H21N3O. The van der Waals surface area contributed by atoms with Gasteiger partial charge in [-0.1, -0.05) is 25.1 Å². The fraction of sp³-hybridized carbons (Fsp3) is 0.263. The highest BCUT2D eigenvalue weighted by atomic mass is 16.2. The molecule has 3 rings (SSSR count). The van der Waals surface area contributed by atoms with Crippen LogP contribution in [0.25, 0.3) is 5.65 Å². The fourth-order valence-electron chi connectivity index (χ4n) is 2.87. The molecule has 2 aromatic heterocycles. The standard InChI is InChI=1S/C19H21N3O/c1-5-15-18(22-10-9-12(2)11-16(22)20-15)19(23)21-17-13(3)7-6-8-14(17)4/h6-11H,5H2,1-4H3,(H,21,23). The van der Waals surface area contributed by atoms with E-state index in [-0.39, 0.29) is 5.91 Å². The Morgan fingerprint density at radius 3 is 2.52 bits per heavy atom. The van der Waals surface area contributed by atoms with Crippen LogP contribution in [0.15, 0.2) is 36.5 Å². The number of hydrogen-bond acceptors (Lipinski definition) is 2. The van der Waals surface area contributed by atoms with Crippen molar-refractivity contribution in [2.45, 2.75) is 34.1 Å². The summed E-state index contributed by atoms with van der Waals surface area (Å²) in [6.07, 6.45) is 2.63. The Kier molecular flexibility index (Phi) is 3.90. The molecule has 23 heavy (non-hydrogen) atoms. The first-order valence-corrected chi connectivity index (χ1v) is 7.86. The molecule has 0 saturated heterocycles. The van der Waals surface area contributed by atoms with Gasteiger partial charge < -0.3 is 5.32 Å². The number of anilines is 1. The summed E-state index contributed by atoms with van der Waals surface area (Å²) in [7, 11) is 0. The van der Waals surface area contributed by atoms with Crippen molar-refractivity contribution in [2.75, 3.05) is 5.32 Å². The zero-order valence-corrected chi connectivity index (χ0v) is 14.0. The molecule has 0 aliphatic carbocycles. The van der Waals surface area contributed by atoms with E-state index in [2.05, 4.69) is 10.3 Å². The highest BCUT2D eigenvalue weighted by Crippen LogP contribution is 2.22. The summed E-state index contributed by atoms with van der Waals surface area (Å²) >= 11 is 0. The van der Waals surface area contributed by atoms with Gasteiger partial charge in [0.25, 0.3) is 5.91 Å². The summed E-state index contributed by atoms with van der Waals surface area (Å²) in [5.74, 6) is -0.115. The number of aryl methyl sites for hydroxylation is 4. The molecule has 0 atom stereocenters. The molecule has 0 unspecified atom stereocenters. The number of aromatic nitrogens is 2. The molecule has 0 aliphatic heterocycles. The highest BCUT2D eigenvalue weighted by molar-refractivity contribution is 6.05. The zero-order chi connectivity index (χ0) is 16.6. The lowest BCUT2D eigenvalue weighted by Crippen LogP contribution is -2.17. The lowest BCUT2D eigenvalue weighted by molar-refractivity contribution is 0.102. The summed E-state index contributed by atoms with van der Waals surface area (Å²) in [5.41, 5.74) is 6.37. The molecule has 0 aliphatic rings. The van der Waals surface area contributed by atoms with Gasteiger partial charge in [-0.25, -0.2) is 4.98 Å². The third-order valence-corrected chi connectivity index (χ3v) is 4.12. The van der Waals surface area contributed by atoms with Crippen molar-refractivity contribution in [1.82, 2.24) is 9.38 Å². The molecule has 0 bridgehead atoms. The van der Waals surface area contributed by atoms with Gasteiger partial charge in [-0.3, -0.25) is 9.20 Å². The van der Waals surface area contributed by atoms with Crippen molar-refractivity contribution in [3.8, 4) is 0 Å². The molecule has 4 heteroatoms. The smallest absolute Gasteiger partial charge is 0.274 e. The molecule has 1 aromatic carbocycles. The van der Waals surface area contributed by atoms with Crippen molar-refractivity contribution in [2.24, 2.45) is 0 Å². The maximum Gasteiger partial charge on any atom is 0.274 e. The number of fused-ring (bicyclic) bond motifs is 1. The Hall–Kier alpha value is -2.62. The lowest BCUT2D eigenvalue weighted by atomic mass is 10.1. The fourth-order valence-corrected chi connectivity index (χ4v) is 2.87. The molecule has 1 N–H and O–H groups in total. The van der Waals surface area contributed by atoms with Gasteiger partial charge in [0.05, 0.1) is 5.69 Å². The van der Waals surface area contributed by atoms with E-state index in [9.17, 15) is 4.79 Å². The predicted octanol–water partition coefficient (Wildman–Crippen LogP) is 4.07. The number of nitrogens with zero attached hydrogens (tertiary/aromatic N) is 2. The Morgan fingerprint density at radius 1 is 1.17 bits per heavy atom. The molecule has 0 radical (unpaired) electrons. The van der Waals surface area contributed by atoms with Crippen LogP contribution in [0.1, 0.15) is 39.8 Å². The molecule has 2 heterocycles. The second kappa shape index (κ2) is 5.88. The predicted molar refractivity (Wildman–Crippen MR) is 93.2 cm³/mol. The molecule has 3 aromatic rings. The van der Waals surface area contributed by atoms with Crippen LogP contribution in [0.2, 0.25) is 0 Å². The van der Waals surface area contributed by atoms with Crippen LogP contribution in [0.4, 0.5) is 5.69 Å². The molecular weight excluding hydrogens is 286 g/mol. The van der Waals surface area contributed by atoms with Crippen LogP contribution >= 0.6 is 0 Å². The largest absolute Gasteiger partial charge is 0.320 e. The number of carbonyl (C=O) groups excluding carboxylic acids is 1. The summed E-state index contributed by atoms with van der Waals surface area (Å²) in [4.78, 5) is 17.5. The number of carbonyl (C=O) groups is 1. The second-order valence-corrected chi connectivity index (χ2v) is 5.91. The van der Waals surface area contributed by atoms with Gasteiger partial charge in [-0.05, 0) is 56.0 Å². The van der Waals surface area contributed by atoms with Crippen LogP contribution in [0.5, 0.6) is 0 Å². The first-order chi connectivity index (χ1) is 11.0. The number of para-hydroxylation sites is 1. The van der Waals surface area contributed by atoms with Gasteiger partial charge in [0, 0.05) is 11.9 Å². The van der Waals surface area contributed by atoms with Crippen LogP contribution < -0.4 is 5.32 Å². The number of pyridine rings is 1. The average Bonchev–Trinajstić information content (AvgIpc) is 2.88. The van der Waals surface area contributed by atoms with Crippen molar-refractivity contribution in [1.29, 1.82) is 0 Å². The van der Waals surface area contributed by atoms with Crippen molar-refractivity contribution in [3.63, 3.8) is 0 Å². The number of amides is 1. The summed E-state index contributed by atoms with van der Waals surface area (Å²) in [6.45, 7) is 8.05. The van der Waals surface area contributed by atoms with Gasteiger partial charge in [-0.2, -0.15) is 0 Å². The minimum atomic E-state index is -0.115. The summed E-state index contributed by atoms with van der Waals surface area (Å²) in [6, 6.07) is 9.98. The van der Waals surface area contributed by atoms with Crippen molar-refractivity contribution < 1.29 is 4.79 Å². The monoisotopic (exact) mass is 307 g/mol. The molecule has 0 spiro atoms. The topological polar surface area (TPSA) is 46.4 Å². The van der Waals surface area contributed by atoms with Crippen LogP contribution in [0, 0.1) is 20.8 Å². The van der Waals surface area contributed by atoms with Crippen LogP contribution in [-0.4, -0.2) is 15.3 Å². The first-order valence-electron chi connectivity index (χ1n) is 7.86. The van der Waals surface area contributed by atoms with Gasteiger partial charge in [0.15, 0.2) is 0 Å². The summed E-state index contributed by atoms with van der Waals surface area (Å²) < 4.78 is 1.87.